The lowest BCUT2D eigenvalue weighted by molar-refractivity contribution is 0.116. The minimum Gasteiger partial charge on any atom is -0.492 e. The highest BCUT2D eigenvalue weighted by Crippen LogP contribution is 2.16. The molecule has 0 saturated carbocycles. The monoisotopic (exact) mass is 252 g/mol. The number of rotatable bonds is 9. The zero-order valence-electron chi connectivity index (χ0n) is 11.4. The van der Waals surface area contributed by atoms with Crippen LogP contribution in [0.4, 0.5) is 0 Å². The van der Waals surface area contributed by atoms with Gasteiger partial charge in [-0.1, -0.05) is 18.2 Å². The molecule has 4 heteroatoms. The number of benzene rings is 1. The second-order valence-corrected chi connectivity index (χ2v) is 4.16. The summed E-state index contributed by atoms with van der Waals surface area (Å²) in [7, 11) is 2.07. The molecular weight excluding hydrogens is 228 g/mol. The fourth-order valence-electron chi connectivity index (χ4n) is 1.60. The summed E-state index contributed by atoms with van der Waals surface area (Å²) in [5.74, 6) is 0.887. The predicted octanol–water partition coefficient (Wildman–Crippen LogP) is 1.49. The fraction of sp³-hybridized carbons (Fsp3) is 0.571. The minimum absolute atomic E-state index is 0.510. The van der Waals surface area contributed by atoms with E-state index in [0.29, 0.717) is 13.2 Å². The van der Waals surface area contributed by atoms with E-state index in [1.807, 2.05) is 31.2 Å². The van der Waals surface area contributed by atoms with Crippen LogP contribution in [0.3, 0.4) is 0 Å². The standard InChI is InChI=1S/C14H24N2O2/c1-3-17-10-8-16(2)9-11-18-14-7-5-4-6-13(14)12-15/h4-7H,3,8-12,15H2,1-2H3. The first-order valence-electron chi connectivity index (χ1n) is 6.45. The zero-order valence-corrected chi connectivity index (χ0v) is 11.4. The smallest absolute Gasteiger partial charge is 0.123 e. The average molecular weight is 252 g/mol. The summed E-state index contributed by atoms with van der Waals surface area (Å²) in [6.07, 6.45) is 0. The maximum atomic E-state index is 5.74. The molecule has 0 aliphatic carbocycles. The van der Waals surface area contributed by atoms with Gasteiger partial charge in [-0.25, -0.2) is 0 Å². The topological polar surface area (TPSA) is 47.7 Å². The predicted molar refractivity (Wildman–Crippen MR) is 73.8 cm³/mol. The van der Waals surface area contributed by atoms with Crippen LogP contribution in [0.5, 0.6) is 5.75 Å². The maximum absolute atomic E-state index is 5.74. The molecule has 0 amide bonds. The average Bonchev–Trinajstić information content (AvgIpc) is 2.39. The Balaban J connectivity index is 2.24. The van der Waals surface area contributed by atoms with Gasteiger partial charge in [0.15, 0.2) is 0 Å². The lowest BCUT2D eigenvalue weighted by atomic mass is 10.2. The number of hydrogen-bond donors (Lipinski definition) is 1. The van der Waals surface area contributed by atoms with Gasteiger partial charge < -0.3 is 20.1 Å². The van der Waals surface area contributed by atoms with Gasteiger partial charge in [0.1, 0.15) is 12.4 Å². The van der Waals surface area contributed by atoms with Crippen molar-refractivity contribution in [3.63, 3.8) is 0 Å². The van der Waals surface area contributed by atoms with Gasteiger partial charge in [0.25, 0.3) is 0 Å². The van der Waals surface area contributed by atoms with E-state index in [1.165, 1.54) is 0 Å². The summed E-state index contributed by atoms with van der Waals surface area (Å²) in [6, 6.07) is 7.90. The van der Waals surface area contributed by atoms with Crippen molar-refractivity contribution in [3.8, 4) is 5.75 Å². The molecule has 0 aromatic heterocycles. The lowest BCUT2D eigenvalue weighted by Crippen LogP contribution is -2.28. The number of ether oxygens (including phenoxy) is 2. The second kappa shape index (κ2) is 8.91. The van der Waals surface area contributed by atoms with E-state index in [4.69, 9.17) is 15.2 Å². The molecular formula is C14H24N2O2. The summed E-state index contributed by atoms with van der Waals surface area (Å²) >= 11 is 0. The van der Waals surface area contributed by atoms with E-state index in [0.717, 1.165) is 37.6 Å². The third-order valence-corrected chi connectivity index (χ3v) is 2.74. The van der Waals surface area contributed by atoms with Crippen LogP contribution >= 0.6 is 0 Å². The summed E-state index contributed by atoms with van der Waals surface area (Å²) in [4.78, 5) is 2.20. The van der Waals surface area contributed by atoms with Crippen molar-refractivity contribution < 1.29 is 9.47 Å². The van der Waals surface area contributed by atoms with Gasteiger partial charge in [-0.05, 0) is 20.0 Å². The van der Waals surface area contributed by atoms with Gasteiger partial charge in [0, 0.05) is 31.8 Å². The zero-order chi connectivity index (χ0) is 13.2. The van der Waals surface area contributed by atoms with Crippen LogP contribution in [0, 0.1) is 0 Å². The first-order valence-corrected chi connectivity index (χ1v) is 6.45. The first-order chi connectivity index (χ1) is 8.77. The SMILES string of the molecule is CCOCCN(C)CCOc1ccccc1CN. The molecule has 1 aromatic carbocycles. The molecule has 4 nitrogen and oxygen atoms in total. The quantitative estimate of drug-likeness (QED) is 0.677. The first kappa shape index (κ1) is 15.0. The van der Waals surface area contributed by atoms with Crippen molar-refractivity contribution in [2.24, 2.45) is 5.73 Å². The Labute approximate surface area is 110 Å². The molecule has 1 rings (SSSR count). The summed E-state index contributed by atoms with van der Waals surface area (Å²) in [5, 5.41) is 0. The maximum Gasteiger partial charge on any atom is 0.123 e. The van der Waals surface area contributed by atoms with Crippen molar-refractivity contribution in [2.45, 2.75) is 13.5 Å². The highest BCUT2D eigenvalue weighted by Gasteiger charge is 2.02. The molecule has 1 aromatic rings. The van der Waals surface area contributed by atoms with Gasteiger partial charge in [0.05, 0.1) is 6.61 Å². The molecule has 0 spiro atoms. The van der Waals surface area contributed by atoms with Crippen LogP contribution in [0.25, 0.3) is 0 Å². The van der Waals surface area contributed by atoms with Gasteiger partial charge >= 0.3 is 0 Å². The van der Waals surface area contributed by atoms with Crippen molar-refractivity contribution in [2.75, 3.05) is 40.0 Å². The van der Waals surface area contributed by atoms with E-state index >= 15 is 0 Å². The van der Waals surface area contributed by atoms with Crippen LogP contribution in [-0.2, 0) is 11.3 Å². The summed E-state index contributed by atoms with van der Waals surface area (Å²) in [5.41, 5.74) is 6.71. The Morgan fingerprint density at radius 3 is 2.61 bits per heavy atom. The molecule has 102 valence electrons. The highest BCUT2D eigenvalue weighted by atomic mass is 16.5. The molecule has 2 N–H and O–H groups in total. The van der Waals surface area contributed by atoms with Gasteiger partial charge in [-0.3, -0.25) is 0 Å². The third kappa shape index (κ3) is 5.49. The number of para-hydroxylation sites is 1. The normalized spacial score (nSPS) is 10.9. The van der Waals surface area contributed by atoms with Crippen LogP contribution in [0.15, 0.2) is 24.3 Å². The molecule has 0 aliphatic rings. The van der Waals surface area contributed by atoms with Gasteiger partial charge in [-0.2, -0.15) is 0 Å². The molecule has 0 saturated heterocycles. The Morgan fingerprint density at radius 2 is 1.89 bits per heavy atom. The van der Waals surface area contributed by atoms with Crippen LogP contribution in [0.1, 0.15) is 12.5 Å². The van der Waals surface area contributed by atoms with E-state index in [9.17, 15) is 0 Å². The molecule has 18 heavy (non-hydrogen) atoms. The van der Waals surface area contributed by atoms with Crippen molar-refractivity contribution in [1.29, 1.82) is 0 Å². The number of nitrogens with two attached hydrogens (primary N) is 1. The molecule has 0 bridgehead atoms. The second-order valence-electron chi connectivity index (χ2n) is 4.16. The Morgan fingerprint density at radius 1 is 1.17 bits per heavy atom. The summed E-state index contributed by atoms with van der Waals surface area (Å²) in [6.45, 7) is 6.53. The highest BCUT2D eigenvalue weighted by molar-refractivity contribution is 5.32. The van der Waals surface area contributed by atoms with E-state index in [1.54, 1.807) is 0 Å². The van der Waals surface area contributed by atoms with Gasteiger partial charge in [-0.15, -0.1) is 0 Å². The van der Waals surface area contributed by atoms with E-state index in [-0.39, 0.29) is 0 Å². The minimum atomic E-state index is 0.510. The Kier molecular flexibility index (Phi) is 7.41. The van der Waals surface area contributed by atoms with E-state index < -0.39 is 0 Å². The molecule has 0 fully saturated rings. The van der Waals surface area contributed by atoms with Crippen molar-refractivity contribution >= 4 is 0 Å². The molecule has 0 aliphatic heterocycles. The fourth-order valence-corrected chi connectivity index (χ4v) is 1.60. The Hall–Kier alpha value is -1.10. The number of likely N-dealkylation sites (N-methyl/N-ethyl adjacent to an activating group) is 1. The van der Waals surface area contributed by atoms with Crippen molar-refractivity contribution in [3.05, 3.63) is 29.8 Å². The molecule has 0 heterocycles. The van der Waals surface area contributed by atoms with Gasteiger partial charge in [0.2, 0.25) is 0 Å². The van der Waals surface area contributed by atoms with Crippen LogP contribution in [0.2, 0.25) is 0 Å². The molecule has 0 radical (unpaired) electrons. The Bertz CT molecular complexity index is 331. The molecule has 0 unspecified atom stereocenters. The molecule has 0 atom stereocenters. The largest absolute Gasteiger partial charge is 0.492 e. The summed E-state index contributed by atoms with van der Waals surface area (Å²) < 4.78 is 11.0. The van der Waals surface area contributed by atoms with E-state index in [2.05, 4.69) is 11.9 Å². The van der Waals surface area contributed by atoms with Crippen LogP contribution in [-0.4, -0.2) is 44.9 Å². The van der Waals surface area contributed by atoms with Crippen LogP contribution < -0.4 is 10.5 Å². The number of nitrogens with zero attached hydrogens (tertiary/aromatic N) is 1. The number of hydrogen-bond acceptors (Lipinski definition) is 4. The van der Waals surface area contributed by atoms with Crippen molar-refractivity contribution in [1.82, 2.24) is 4.90 Å². The lowest BCUT2D eigenvalue weighted by Gasteiger charge is -2.17. The third-order valence-electron chi connectivity index (χ3n) is 2.74.